The average Bonchev–Trinajstić information content (AvgIpc) is 3.78. The lowest BCUT2D eigenvalue weighted by molar-refractivity contribution is -0.0586. The largest absolute Gasteiger partial charge is 0.382 e. The second-order valence-corrected chi connectivity index (χ2v) is 13.3. The van der Waals surface area contributed by atoms with Gasteiger partial charge in [0.25, 0.3) is 0 Å². The van der Waals surface area contributed by atoms with Crippen LogP contribution in [0.3, 0.4) is 0 Å². The van der Waals surface area contributed by atoms with E-state index >= 15 is 8.78 Å². The normalized spacial score (nSPS) is 36.7. The summed E-state index contributed by atoms with van der Waals surface area (Å²) < 4.78 is 82.4. The monoisotopic (exact) mass is 706 g/mol. The van der Waals surface area contributed by atoms with Gasteiger partial charge in [-0.25, -0.2) is 38.7 Å². The van der Waals surface area contributed by atoms with Gasteiger partial charge in [-0.05, 0) is 18.9 Å². The minimum absolute atomic E-state index is 0.0746. The summed E-state index contributed by atoms with van der Waals surface area (Å²) in [5, 5.41) is 0. The number of halogens is 2. The highest BCUT2D eigenvalue weighted by molar-refractivity contribution is 8.07. The highest BCUT2D eigenvalue weighted by Gasteiger charge is 2.53. The number of hydrogen-bond acceptors (Lipinski definition) is 17. The van der Waals surface area contributed by atoms with Crippen LogP contribution in [0.4, 0.5) is 20.4 Å². The van der Waals surface area contributed by atoms with Crippen LogP contribution in [0.2, 0.25) is 0 Å². The Labute approximate surface area is 264 Å². The standard InChI is InChI=1S/C20H24BF2N10O8P2S.CH5N/c21-42(34)36-1-7-9(22)14(20(38-7)33-6-31-12-16(25)27-4-29-18(12)33)41-43(35,44)37-2-8-13(40-42)10(23)19(39-8)32-5-30-11-15(24)26-3-28-17(11)32;1-2/h3-10,13-14,19-20H,1-2H2,21H3,(H,35,44)(H2,24,26,28)(H2,25,27,29);2H2,1H3/q-1;/t7-,8-,9-,10-,13-,14-,19-,20-,42?,43?;/m1./s1. The minimum atomic E-state index is -4.26. The first kappa shape index (κ1) is 33.1. The van der Waals surface area contributed by atoms with Gasteiger partial charge in [0.2, 0.25) is 0 Å². The lowest BCUT2D eigenvalue weighted by Gasteiger charge is -2.29. The van der Waals surface area contributed by atoms with E-state index in [4.69, 9.17) is 50.8 Å². The van der Waals surface area contributed by atoms with E-state index in [1.807, 2.05) is 0 Å². The van der Waals surface area contributed by atoms with Gasteiger partial charge < -0.3 is 49.7 Å². The van der Waals surface area contributed by atoms with E-state index in [1.54, 1.807) is 0 Å². The van der Waals surface area contributed by atoms with Crippen LogP contribution < -0.4 is 17.2 Å². The molecule has 0 aromatic carbocycles. The van der Waals surface area contributed by atoms with Crippen molar-refractivity contribution in [2.45, 2.75) is 49.2 Å². The van der Waals surface area contributed by atoms with Crippen molar-refractivity contribution in [3.8, 4) is 0 Å². The number of nitrogen functional groups attached to an aromatic ring is 2. The van der Waals surface area contributed by atoms with Crippen molar-refractivity contribution in [3.63, 3.8) is 0 Å². The number of fused-ring (bicyclic) bond motifs is 5. The number of hydrogen-bond donors (Lipinski definition) is 4. The van der Waals surface area contributed by atoms with Crippen molar-refractivity contribution in [1.82, 2.24) is 39.0 Å². The minimum Gasteiger partial charge on any atom is -0.382 e. The maximum atomic E-state index is 16.0. The highest BCUT2D eigenvalue weighted by Crippen LogP contribution is 2.54. The number of ether oxygens (including phenoxy) is 2. The van der Waals surface area contributed by atoms with E-state index in [-0.39, 0.29) is 34.0 Å². The van der Waals surface area contributed by atoms with Gasteiger partial charge in [0.05, 0.1) is 33.4 Å². The molecule has 0 radical (unpaired) electrons. The van der Waals surface area contributed by atoms with Crippen LogP contribution in [-0.2, 0) is 43.9 Å². The van der Waals surface area contributed by atoms with Crippen LogP contribution >= 0.6 is 14.2 Å². The van der Waals surface area contributed by atoms with E-state index in [1.165, 1.54) is 41.5 Å². The second kappa shape index (κ2) is 12.7. The molecule has 7 rings (SSSR count). The first-order valence-electron chi connectivity index (χ1n) is 13.1. The van der Waals surface area contributed by atoms with Crippen molar-refractivity contribution in [1.29, 1.82) is 0 Å². The Bertz CT molecular complexity index is 1840. The average molecular weight is 706 g/mol. The molecule has 10 atom stereocenters. The zero-order valence-electron chi connectivity index (χ0n) is 23.0. The molecule has 2 bridgehead atoms. The van der Waals surface area contributed by atoms with E-state index in [9.17, 15) is 9.46 Å². The first-order chi connectivity index (χ1) is 21.9. The molecule has 46 heavy (non-hydrogen) atoms. The highest BCUT2D eigenvalue weighted by atomic mass is 32.5. The summed E-state index contributed by atoms with van der Waals surface area (Å²) in [4.78, 5) is 35.4. The molecule has 19 nitrogen and oxygen atoms in total. The summed E-state index contributed by atoms with van der Waals surface area (Å²) in [5.41, 5.74) is 17.1. The third kappa shape index (κ3) is 6.01. The molecule has 3 saturated heterocycles. The molecule has 3 fully saturated rings. The summed E-state index contributed by atoms with van der Waals surface area (Å²) >= 11 is 5.21. The maximum absolute atomic E-state index is 16.0. The molecule has 2 unspecified atom stereocenters. The number of anilines is 2. The molecule has 0 amide bonds. The fraction of sp³-hybridized carbons (Fsp3) is 0.524. The van der Waals surface area contributed by atoms with Crippen LogP contribution in [0.1, 0.15) is 12.5 Å². The van der Waals surface area contributed by atoms with Gasteiger partial charge in [0, 0.05) is 0 Å². The summed E-state index contributed by atoms with van der Waals surface area (Å²) in [7, 11) is -3.62. The van der Waals surface area contributed by atoms with Gasteiger partial charge in [-0.3, -0.25) is 13.7 Å². The van der Waals surface area contributed by atoms with E-state index in [2.05, 4.69) is 35.6 Å². The molecule has 3 aliphatic heterocycles. The number of nitrogens with two attached hydrogens (primary N) is 3. The Kier molecular flexibility index (Phi) is 9.11. The van der Waals surface area contributed by atoms with Crippen molar-refractivity contribution >= 4 is 67.5 Å². The lowest BCUT2D eigenvalue weighted by atomic mass is 10.1. The number of nitrogens with zero attached hydrogens (tertiary/aromatic N) is 8. The zero-order chi connectivity index (χ0) is 33.0. The fourth-order valence-corrected chi connectivity index (χ4v) is 7.26. The molecule has 0 saturated carbocycles. The van der Waals surface area contributed by atoms with Gasteiger partial charge in [-0.2, -0.15) is 0 Å². The first-order valence-corrected chi connectivity index (χ1v) is 16.8. The topological polar surface area (TPSA) is 258 Å². The van der Waals surface area contributed by atoms with Gasteiger partial charge in [-0.1, -0.05) is 0 Å². The predicted octanol–water partition coefficient (Wildman–Crippen LogP) is -0.616. The molecule has 0 aliphatic carbocycles. The Morgan fingerprint density at radius 1 is 0.848 bits per heavy atom. The predicted molar refractivity (Wildman–Crippen MR) is 163 cm³/mol. The second-order valence-electron chi connectivity index (χ2n) is 9.61. The van der Waals surface area contributed by atoms with Gasteiger partial charge in [0.15, 0.2) is 47.7 Å². The Morgan fingerprint density at radius 2 is 1.39 bits per heavy atom. The maximum Gasteiger partial charge on any atom is 0.325 e. The van der Waals surface area contributed by atoms with Gasteiger partial charge >= 0.3 is 6.72 Å². The summed E-state index contributed by atoms with van der Waals surface area (Å²) in [6.07, 6.45) is -7.27. The van der Waals surface area contributed by atoms with Gasteiger partial charge in [-0.15, -0.1) is 0 Å². The third-order valence-electron chi connectivity index (χ3n) is 7.06. The zero-order valence-corrected chi connectivity index (χ0v) is 25.6. The van der Waals surface area contributed by atoms with Crippen molar-refractivity contribution in [2.75, 3.05) is 31.7 Å². The van der Waals surface area contributed by atoms with Crippen LogP contribution in [0.15, 0.2) is 25.3 Å². The molecule has 4 aromatic rings. The molecular weight excluding hydrogens is 677 g/mol. The van der Waals surface area contributed by atoms with Crippen LogP contribution in [0.5, 0.6) is 0 Å². The quantitative estimate of drug-likeness (QED) is 0.150. The molecule has 250 valence electrons. The number of imidazole rings is 2. The van der Waals surface area contributed by atoms with E-state index in [0.29, 0.717) is 0 Å². The van der Waals surface area contributed by atoms with Gasteiger partial charge in [0.1, 0.15) is 55.6 Å². The number of aromatic nitrogens is 8. The smallest absolute Gasteiger partial charge is 0.325 e. The summed E-state index contributed by atoms with van der Waals surface area (Å²) in [6.45, 7) is -5.38. The molecule has 7 N–H and O–H groups in total. The molecule has 3 aliphatic rings. The Hall–Kier alpha value is -2.82. The third-order valence-corrected chi connectivity index (χ3v) is 9.40. The summed E-state index contributed by atoms with van der Waals surface area (Å²) in [6, 6.07) is 0. The molecular formula is C21H29BF2N11O8P2S-. The SMILES string of the molecule is CN.[BH3-]P1(=O)OC[C@H]2O[C@@H](n3cnc4c(N)ncnc43)[C@H](OP(O)(=S)OC[C@H]3O[C@@H](n4cnc5c(N)ncnc54)[C@H](F)[C@@H]3O1)[C@@H]2F. The van der Waals surface area contributed by atoms with Crippen LogP contribution in [-0.4, -0.2) is 109 Å². The van der Waals surface area contributed by atoms with Crippen LogP contribution in [0.25, 0.3) is 22.3 Å². The molecule has 4 aromatic heterocycles. The number of rotatable bonds is 2. The summed E-state index contributed by atoms with van der Waals surface area (Å²) in [5.74, 6) is 0.150. The van der Waals surface area contributed by atoms with Crippen LogP contribution in [0, 0.1) is 0 Å². The molecule has 25 heteroatoms. The lowest BCUT2D eigenvalue weighted by Crippen LogP contribution is -2.34. The fourth-order valence-electron chi connectivity index (χ4n) is 5.07. The Balaban J connectivity index is 0.00000182. The van der Waals surface area contributed by atoms with E-state index in [0.717, 1.165) is 0 Å². The number of alkyl halides is 2. The van der Waals surface area contributed by atoms with Crippen molar-refractivity contribution in [2.24, 2.45) is 5.73 Å². The molecule has 0 spiro atoms. The Morgan fingerprint density at radius 3 is 2.00 bits per heavy atom. The van der Waals surface area contributed by atoms with Crippen molar-refractivity contribution in [3.05, 3.63) is 25.3 Å². The molecule has 7 heterocycles. The van der Waals surface area contributed by atoms with E-state index < -0.39 is 84.2 Å². The van der Waals surface area contributed by atoms with Crippen molar-refractivity contribution < 1.29 is 45.8 Å².